The van der Waals surface area contributed by atoms with Crippen molar-refractivity contribution in [2.45, 2.75) is 13.8 Å². The van der Waals surface area contributed by atoms with Crippen LogP contribution >= 0.6 is 0 Å². The van der Waals surface area contributed by atoms with Gasteiger partial charge in [0.05, 0.1) is 6.61 Å². The lowest BCUT2D eigenvalue weighted by Gasteiger charge is -2.12. The molecule has 17 heavy (non-hydrogen) atoms. The van der Waals surface area contributed by atoms with Gasteiger partial charge >= 0.3 is 0 Å². The first-order chi connectivity index (χ1) is 8.02. The van der Waals surface area contributed by atoms with Crippen LogP contribution in [0.1, 0.15) is 22.8 Å². The Kier molecular flexibility index (Phi) is 4.97. The highest BCUT2D eigenvalue weighted by Crippen LogP contribution is 2.11. The number of aryl methyl sites for hydroxylation is 1. The van der Waals surface area contributed by atoms with E-state index < -0.39 is 0 Å². The second kappa shape index (κ2) is 6.25. The van der Waals surface area contributed by atoms with Crippen molar-refractivity contribution in [2.24, 2.45) is 5.92 Å². The Labute approximate surface area is 102 Å². The zero-order valence-corrected chi connectivity index (χ0v) is 10.6. The van der Waals surface area contributed by atoms with Crippen LogP contribution in [-0.4, -0.2) is 26.2 Å². The summed E-state index contributed by atoms with van der Waals surface area (Å²) < 4.78 is 5.01. The summed E-state index contributed by atoms with van der Waals surface area (Å²) in [5, 5.41) is 2.86. The molecule has 0 saturated heterocycles. The van der Waals surface area contributed by atoms with E-state index in [2.05, 4.69) is 5.32 Å². The van der Waals surface area contributed by atoms with Gasteiger partial charge in [0.2, 0.25) is 0 Å². The van der Waals surface area contributed by atoms with E-state index in [-0.39, 0.29) is 5.91 Å². The van der Waals surface area contributed by atoms with Crippen molar-refractivity contribution in [3.05, 3.63) is 29.3 Å². The summed E-state index contributed by atoms with van der Waals surface area (Å²) in [5.74, 6) is 0.203. The number of amides is 1. The van der Waals surface area contributed by atoms with E-state index in [0.29, 0.717) is 30.3 Å². The molecule has 1 unspecified atom stereocenters. The first kappa shape index (κ1) is 13.5. The van der Waals surface area contributed by atoms with Gasteiger partial charge in [-0.05, 0) is 36.6 Å². The van der Waals surface area contributed by atoms with E-state index in [0.717, 1.165) is 5.56 Å². The molecular formula is C13H20N2O2. The third-order valence-corrected chi connectivity index (χ3v) is 2.42. The molecule has 0 fully saturated rings. The SMILES string of the molecule is COCC(C)CNC(=O)c1cc(C)cc(N)c1. The zero-order chi connectivity index (χ0) is 12.8. The Morgan fingerprint density at radius 2 is 2.18 bits per heavy atom. The van der Waals surface area contributed by atoms with Gasteiger partial charge in [-0.3, -0.25) is 4.79 Å². The first-order valence-electron chi connectivity index (χ1n) is 5.67. The van der Waals surface area contributed by atoms with Crippen molar-refractivity contribution in [1.82, 2.24) is 5.32 Å². The Morgan fingerprint density at radius 3 is 2.76 bits per heavy atom. The van der Waals surface area contributed by atoms with Crippen molar-refractivity contribution >= 4 is 11.6 Å². The molecule has 0 aromatic heterocycles. The largest absolute Gasteiger partial charge is 0.399 e. The number of methoxy groups -OCH3 is 1. The molecule has 0 saturated carbocycles. The van der Waals surface area contributed by atoms with Gasteiger partial charge in [-0.1, -0.05) is 6.92 Å². The smallest absolute Gasteiger partial charge is 0.251 e. The number of nitrogens with one attached hydrogen (secondary N) is 1. The number of carbonyl (C=O) groups is 1. The van der Waals surface area contributed by atoms with E-state index in [1.165, 1.54) is 0 Å². The van der Waals surface area contributed by atoms with Gasteiger partial charge in [0.1, 0.15) is 0 Å². The Hall–Kier alpha value is -1.55. The van der Waals surface area contributed by atoms with Crippen LogP contribution in [0.3, 0.4) is 0 Å². The molecule has 0 bridgehead atoms. The Balaban J connectivity index is 2.58. The van der Waals surface area contributed by atoms with Crippen molar-refractivity contribution in [3.8, 4) is 0 Å². The summed E-state index contributed by atoms with van der Waals surface area (Å²) in [6.07, 6.45) is 0. The summed E-state index contributed by atoms with van der Waals surface area (Å²) in [4.78, 5) is 11.9. The van der Waals surface area contributed by atoms with E-state index in [4.69, 9.17) is 10.5 Å². The lowest BCUT2D eigenvalue weighted by atomic mass is 10.1. The molecular weight excluding hydrogens is 216 g/mol. The molecule has 3 N–H and O–H groups in total. The van der Waals surface area contributed by atoms with Crippen LogP contribution in [0.25, 0.3) is 0 Å². The quantitative estimate of drug-likeness (QED) is 0.763. The molecule has 0 aliphatic rings. The van der Waals surface area contributed by atoms with Crippen LogP contribution in [0.4, 0.5) is 5.69 Å². The normalized spacial score (nSPS) is 12.2. The minimum Gasteiger partial charge on any atom is -0.399 e. The number of anilines is 1. The number of ether oxygens (including phenoxy) is 1. The third-order valence-electron chi connectivity index (χ3n) is 2.42. The number of nitrogen functional groups attached to an aromatic ring is 1. The summed E-state index contributed by atoms with van der Waals surface area (Å²) in [5.41, 5.74) is 7.90. The second-order valence-electron chi connectivity index (χ2n) is 4.40. The maximum absolute atomic E-state index is 11.9. The van der Waals surface area contributed by atoms with Crippen LogP contribution in [0.15, 0.2) is 18.2 Å². The van der Waals surface area contributed by atoms with Crippen molar-refractivity contribution in [2.75, 3.05) is 26.0 Å². The van der Waals surface area contributed by atoms with Crippen LogP contribution < -0.4 is 11.1 Å². The maximum atomic E-state index is 11.9. The van der Waals surface area contributed by atoms with Gasteiger partial charge in [-0.2, -0.15) is 0 Å². The molecule has 0 aliphatic carbocycles. The molecule has 0 radical (unpaired) electrons. The first-order valence-corrected chi connectivity index (χ1v) is 5.67. The lowest BCUT2D eigenvalue weighted by Crippen LogP contribution is -2.29. The number of hydrogen-bond acceptors (Lipinski definition) is 3. The summed E-state index contributed by atoms with van der Waals surface area (Å²) >= 11 is 0. The van der Waals surface area contributed by atoms with Gasteiger partial charge in [0.25, 0.3) is 5.91 Å². The fraction of sp³-hybridized carbons (Fsp3) is 0.462. The molecule has 4 heteroatoms. The van der Waals surface area contributed by atoms with Crippen LogP contribution in [0.2, 0.25) is 0 Å². The predicted molar refractivity (Wildman–Crippen MR) is 69.0 cm³/mol. The number of rotatable bonds is 5. The molecule has 1 amide bonds. The zero-order valence-electron chi connectivity index (χ0n) is 10.6. The van der Waals surface area contributed by atoms with Crippen LogP contribution in [0, 0.1) is 12.8 Å². The van der Waals surface area contributed by atoms with Gasteiger partial charge in [0.15, 0.2) is 0 Å². The summed E-state index contributed by atoms with van der Waals surface area (Å²) in [6.45, 7) is 5.17. The maximum Gasteiger partial charge on any atom is 0.251 e. The number of benzene rings is 1. The number of hydrogen-bond donors (Lipinski definition) is 2. The average Bonchev–Trinajstić information content (AvgIpc) is 2.25. The van der Waals surface area contributed by atoms with E-state index in [1.807, 2.05) is 26.0 Å². The third kappa shape index (κ3) is 4.44. The molecule has 0 aliphatic heterocycles. The summed E-state index contributed by atoms with van der Waals surface area (Å²) in [7, 11) is 1.65. The van der Waals surface area contributed by atoms with Crippen LogP contribution in [0.5, 0.6) is 0 Å². The number of nitrogens with two attached hydrogens (primary N) is 1. The van der Waals surface area contributed by atoms with Gasteiger partial charge in [-0.15, -0.1) is 0 Å². The van der Waals surface area contributed by atoms with Crippen molar-refractivity contribution in [3.63, 3.8) is 0 Å². The van der Waals surface area contributed by atoms with E-state index in [9.17, 15) is 4.79 Å². The fourth-order valence-electron chi connectivity index (χ4n) is 1.66. The second-order valence-corrected chi connectivity index (χ2v) is 4.40. The van der Waals surface area contributed by atoms with E-state index >= 15 is 0 Å². The monoisotopic (exact) mass is 236 g/mol. The fourth-order valence-corrected chi connectivity index (χ4v) is 1.66. The predicted octanol–water partition coefficient (Wildman–Crippen LogP) is 1.59. The van der Waals surface area contributed by atoms with Crippen LogP contribution in [-0.2, 0) is 4.74 Å². The molecule has 0 spiro atoms. The molecule has 1 atom stereocenters. The molecule has 1 aromatic rings. The van der Waals surface area contributed by atoms with Crippen molar-refractivity contribution < 1.29 is 9.53 Å². The topological polar surface area (TPSA) is 64.3 Å². The Morgan fingerprint density at radius 1 is 1.47 bits per heavy atom. The average molecular weight is 236 g/mol. The minimum absolute atomic E-state index is 0.0941. The Bertz CT molecular complexity index is 371. The van der Waals surface area contributed by atoms with Gasteiger partial charge in [-0.25, -0.2) is 0 Å². The lowest BCUT2D eigenvalue weighted by molar-refractivity contribution is 0.0934. The highest BCUT2D eigenvalue weighted by atomic mass is 16.5. The van der Waals surface area contributed by atoms with Gasteiger partial charge in [0, 0.05) is 24.9 Å². The highest BCUT2D eigenvalue weighted by molar-refractivity contribution is 5.95. The highest BCUT2D eigenvalue weighted by Gasteiger charge is 2.08. The molecule has 1 aromatic carbocycles. The van der Waals surface area contributed by atoms with E-state index in [1.54, 1.807) is 13.2 Å². The standard InChI is InChI=1S/C13H20N2O2/c1-9-4-11(6-12(14)5-9)13(16)15-7-10(2)8-17-3/h4-6,10H,7-8,14H2,1-3H3,(H,15,16). The molecule has 94 valence electrons. The molecule has 4 nitrogen and oxygen atoms in total. The van der Waals surface area contributed by atoms with Gasteiger partial charge < -0.3 is 15.8 Å². The minimum atomic E-state index is -0.0941. The number of carbonyl (C=O) groups excluding carboxylic acids is 1. The summed E-state index contributed by atoms with van der Waals surface area (Å²) in [6, 6.07) is 5.35. The van der Waals surface area contributed by atoms with Crippen molar-refractivity contribution in [1.29, 1.82) is 0 Å². The molecule has 1 rings (SSSR count). The molecule has 0 heterocycles.